The van der Waals surface area contributed by atoms with Gasteiger partial charge in [-0.25, -0.2) is 9.69 Å². The summed E-state index contributed by atoms with van der Waals surface area (Å²) in [7, 11) is 0. The summed E-state index contributed by atoms with van der Waals surface area (Å²) >= 11 is 6.06. The Bertz CT molecular complexity index is 919. The number of phenols is 1. The average molecular weight is 357 g/mol. The van der Waals surface area contributed by atoms with Crippen molar-refractivity contribution in [2.75, 3.05) is 4.90 Å². The molecule has 0 aromatic heterocycles. The molecule has 0 aliphatic carbocycles. The first-order chi connectivity index (χ1) is 11.9. The molecule has 0 bridgehead atoms. The van der Waals surface area contributed by atoms with E-state index in [9.17, 15) is 19.5 Å². The minimum Gasteiger partial charge on any atom is -0.508 e. The first-order valence-electron chi connectivity index (χ1n) is 7.34. The maximum atomic E-state index is 12.8. The summed E-state index contributed by atoms with van der Waals surface area (Å²) in [4.78, 5) is 37.9. The predicted octanol–water partition coefficient (Wildman–Crippen LogP) is 3.02. The van der Waals surface area contributed by atoms with Gasteiger partial charge in [-0.2, -0.15) is 0 Å². The number of rotatable bonds is 2. The molecule has 1 aliphatic heterocycles. The van der Waals surface area contributed by atoms with E-state index in [1.54, 1.807) is 37.3 Å². The van der Waals surface area contributed by atoms with Crippen LogP contribution in [0, 0.1) is 6.92 Å². The lowest BCUT2D eigenvalue weighted by atomic mass is 10.1. The summed E-state index contributed by atoms with van der Waals surface area (Å²) in [5.41, 5.74) is 1.20. The molecular formula is C18H13ClN2O4. The molecule has 126 valence electrons. The average Bonchev–Trinajstić information content (AvgIpc) is 2.57. The van der Waals surface area contributed by atoms with Crippen LogP contribution in [0.4, 0.5) is 10.5 Å². The number of aromatic hydroxyl groups is 1. The van der Waals surface area contributed by atoms with E-state index in [4.69, 9.17) is 11.6 Å². The molecule has 1 heterocycles. The Morgan fingerprint density at radius 2 is 1.76 bits per heavy atom. The molecule has 0 radical (unpaired) electrons. The number of imide groups is 2. The van der Waals surface area contributed by atoms with Gasteiger partial charge in [0, 0.05) is 5.02 Å². The van der Waals surface area contributed by atoms with Crippen molar-refractivity contribution in [1.82, 2.24) is 5.32 Å². The highest BCUT2D eigenvalue weighted by Crippen LogP contribution is 2.29. The van der Waals surface area contributed by atoms with E-state index in [-0.39, 0.29) is 11.3 Å². The minimum absolute atomic E-state index is 0.0629. The Hall–Kier alpha value is -3.12. The predicted molar refractivity (Wildman–Crippen MR) is 93.3 cm³/mol. The van der Waals surface area contributed by atoms with Gasteiger partial charge in [0.25, 0.3) is 11.8 Å². The van der Waals surface area contributed by atoms with Crippen LogP contribution in [0.25, 0.3) is 6.08 Å². The monoisotopic (exact) mass is 356 g/mol. The van der Waals surface area contributed by atoms with Crippen molar-refractivity contribution in [2.24, 2.45) is 0 Å². The van der Waals surface area contributed by atoms with Crippen LogP contribution in [0.15, 0.2) is 48.0 Å². The van der Waals surface area contributed by atoms with Crippen molar-refractivity contribution in [3.63, 3.8) is 0 Å². The normalized spacial score (nSPS) is 16.3. The standard InChI is InChI=1S/C18H13ClN2O4/c1-10-14(19)3-2-4-15(10)21-17(24)13(16(23)20-18(21)25)9-11-5-7-12(22)8-6-11/h2-9,22H,1H3,(H,20,23,25)/b13-9+. The Morgan fingerprint density at radius 3 is 2.44 bits per heavy atom. The molecule has 1 saturated heterocycles. The number of amides is 4. The van der Waals surface area contributed by atoms with Gasteiger partial charge in [-0.1, -0.05) is 29.8 Å². The van der Waals surface area contributed by atoms with Gasteiger partial charge in [0.05, 0.1) is 5.69 Å². The third kappa shape index (κ3) is 3.12. The fraction of sp³-hybridized carbons (Fsp3) is 0.0556. The lowest BCUT2D eigenvalue weighted by Gasteiger charge is -2.27. The number of barbiturate groups is 1. The van der Waals surface area contributed by atoms with Crippen molar-refractivity contribution < 1.29 is 19.5 Å². The number of hydrogen-bond acceptors (Lipinski definition) is 4. The third-order valence-corrected chi connectivity index (χ3v) is 4.20. The Morgan fingerprint density at radius 1 is 1.08 bits per heavy atom. The molecule has 0 saturated carbocycles. The molecule has 2 aromatic carbocycles. The molecule has 0 spiro atoms. The smallest absolute Gasteiger partial charge is 0.335 e. The number of carbonyl (C=O) groups is 3. The fourth-order valence-electron chi connectivity index (χ4n) is 2.45. The molecule has 0 atom stereocenters. The van der Waals surface area contributed by atoms with E-state index in [0.29, 0.717) is 21.8 Å². The zero-order valence-electron chi connectivity index (χ0n) is 13.1. The second kappa shape index (κ2) is 6.41. The molecule has 2 N–H and O–H groups in total. The highest BCUT2D eigenvalue weighted by Gasteiger charge is 2.37. The lowest BCUT2D eigenvalue weighted by molar-refractivity contribution is -0.122. The molecule has 2 aromatic rings. The third-order valence-electron chi connectivity index (χ3n) is 3.79. The van der Waals surface area contributed by atoms with Crippen LogP contribution in [-0.4, -0.2) is 23.0 Å². The number of nitrogens with one attached hydrogen (secondary N) is 1. The minimum atomic E-state index is -0.830. The number of anilines is 1. The van der Waals surface area contributed by atoms with E-state index in [1.165, 1.54) is 18.2 Å². The molecule has 4 amide bonds. The fourth-order valence-corrected chi connectivity index (χ4v) is 2.62. The molecule has 3 rings (SSSR count). The number of benzene rings is 2. The molecule has 7 heteroatoms. The Labute approximate surface area is 148 Å². The van der Waals surface area contributed by atoms with E-state index < -0.39 is 17.8 Å². The van der Waals surface area contributed by atoms with Crippen LogP contribution < -0.4 is 10.2 Å². The summed E-state index contributed by atoms with van der Waals surface area (Å²) in [6, 6.07) is 9.97. The second-order valence-electron chi connectivity index (χ2n) is 5.43. The summed E-state index contributed by atoms with van der Waals surface area (Å²) in [6.07, 6.45) is 1.36. The molecule has 1 aliphatic rings. The Kier molecular flexibility index (Phi) is 4.29. The van der Waals surface area contributed by atoms with Gasteiger partial charge < -0.3 is 5.11 Å². The first kappa shape index (κ1) is 16.7. The molecule has 1 fully saturated rings. The number of phenolic OH excluding ortho intramolecular Hbond substituents is 1. The zero-order valence-corrected chi connectivity index (χ0v) is 13.9. The van der Waals surface area contributed by atoms with Gasteiger partial charge >= 0.3 is 6.03 Å². The quantitative estimate of drug-likeness (QED) is 0.639. The summed E-state index contributed by atoms with van der Waals surface area (Å²) in [5.74, 6) is -1.46. The van der Waals surface area contributed by atoms with Crippen molar-refractivity contribution in [1.29, 1.82) is 0 Å². The summed E-state index contributed by atoms with van der Waals surface area (Å²) in [5, 5.41) is 11.9. The van der Waals surface area contributed by atoms with Crippen LogP contribution in [0.1, 0.15) is 11.1 Å². The number of urea groups is 1. The maximum absolute atomic E-state index is 12.8. The van der Waals surface area contributed by atoms with Crippen molar-refractivity contribution >= 4 is 41.2 Å². The van der Waals surface area contributed by atoms with E-state index in [0.717, 1.165) is 4.90 Å². The topological polar surface area (TPSA) is 86.7 Å². The molecule has 6 nitrogen and oxygen atoms in total. The van der Waals surface area contributed by atoms with Gasteiger partial charge in [0.15, 0.2) is 0 Å². The highest BCUT2D eigenvalue weighted by atomic mass is 35.5. The van der Waals surface area contributed by atoms with Gasteiger partial charge in [-0.3, -0.25) is 14.9 Å². The number of carbonyl (C=O) groups excluding carboxylic acids is 3. The van der Waals surface area contributed by atoms with Crippen LogP contribution in [-0.2, 0) is 9.59 Å². The largest absolute Gasteiger partial charge is 0.508 e. The van der Waals surface area contributed by atoms with Crippen molar-refractivity contribution in [2.45, 2.75) is 6.92 Å². The van der Waals surface area contributed by atoms with Crippen LogP contribution in [0.2, 0.25) is 5.02 Å². The summed E-state index contributed by atoms with van der Waals surface area (Å²) < 4.78 is 0. The van der Waals surface area contributed by atoms with Crippen molar-refractivity contribution in [3.8, 4) is 5.75 Å². The lowest BCUT2D eigenvalue weighted by Crippen LogP contribution is -2.54. The summed E-state index contributed by atoms with van der Waals surface area (Å²) in [6.45, 7) is 1.68. The van der Waals surface area contributed by atoms with Crippen molar-refractivity contribution in [3.05, 3.63) is 64.2 Å². The number of nitrogens with zero attached hydrogens (tertiary/aromatic N) is 1. The van der Waals surface area contributed by atoms with Gasteiger partial charge in [-0.15, -0.1) is 0 Å². The van der Waals surface area contributed by atoms with Crippen LogP contribution in [0.3, 0.4) is 0 Å². The highest BCUT2D eigenvalue weighted by molar-refractivity contribution is 6.39. The SMILES string of the molecule is Cc1c(Cl)cccc1N1C(=O)NC(=O)/C(=C\c2ccc(O)cc2)C1=O. The second-order valence-corrected chi connectivity index (χ2v) is 5.84. The van der Waals surface area contributed by atoms with Gasteiger partial charge in [0.2, 0.25) is 0 Å². The van der Waals surface area contributed by atoms with Crippen LogP contribution in [0.5, 0.6) is 5.75 Å². The zero-order chi connectivity index (χ0) is 18.1. The molecular weight excluding hydrogens is 344 g/mol. The molecule has 0 unspecified atom stereocenters. The van der Waals surface area contributed by atoms with E-state index >= 15 is 0 Å². The molecule has 25 heavy (non-hydrogen) atoms. The van der Waals surface area contributed by atoms with E-state index in [2.05, 4.69) is 5.32 Å². The van der Waals surface area contributed by atoms with Gasteiger partial charge in [0.1, 0.15) is 11.3 Å². The first-order valence-corrected chi connectivity index (χ1v) is 7.72. The maximum Gasteiger partial charge on any atom is 0.335 e. The number of halogens is 1. The van der Waals surface area contributed by atoms with Gasteiger partial charge in [-0.05, 0) is 48.4 Å². The van der Waals surface area contributed by atoms with E-state index in [1.807, 2.05) is 0 Å². The number of hydrogen-bond donors (Lipinski definition) is 2. The Balaban J connectivity index is 2.05. The van der Waals surface area contributed by atoms with Crippen LogP contribution >= 0.6 is 11.6 Å².